The molecule has 1 N–H and O–H groups in total. The number of carbonyl (C=O) groups is 1. The summed E-state index contributed by atoms with van der Waals surface area (Å²) in [5.41, 5.74) is 3.41. The van der Waals surface area contributed by atoms with Gasteiger partial charge in [0.25, 0.3) is 0 Å². The molecule has 2 aromatic rings. The standard InChI is InChI=1S/C20H23NO2/c22-20(21-14-17-5-4-12-23-15-17)13-16-8-10-19(11-9-16)18-6-2-1-3-7-18/h1-3,6-11,17H,4-5,12-15H2,(H,21,22)/t17-/m0/s1. The van der Waals surface area contributed by atoms with Gasteiger partial charge in [0.05, 0.1) is 13.0 Å². The predicted octanol–water partition coefficient (Wildman–Crippen LogP) is 3.44. The van der Waals surface area contributed by atoms with Crippen molar-refractivity contribution in [1.29, 1.82) is 0 Å². The van der Waals surface area contributed by atoms with Crippen LogP contribution < -0.4 is 5.32 Å². The van der Waals surface area contributed by atoms with Crippen molar-refractivity contribution < 1.29 is 9.53 Å². The average Bonchev–Trinajstić information content (AvgIpc) is 2.62. The highest BCUT2D eigenvalue weighted by atomic mass is 16.5. The van der Waals surface area contributed by atoms with Gasteiger partial charge in [0.1, 0.15) is 0 Å². The first-order valence-corrected chi connectivity index (χ1v) is 8.30. The van der Waals surface area contributed by atoms with E-state index in [1.807, 2.05) is 30.3 Å². The second-order valence-corrected chi connectivity index (χ2v) is 6.13. The number of benzene rings is 2. The first kappa shape index (κ1) is 15.8. The Labute approximate surface area is 137 Å². The molecule has 0 aliphatic carbocycles. The van der Waals surface area contributed by atoms with Crippen LogP contribution in [0.25, 0.3) is 11.1 Å². The molecular formula is C20H23NO2. The molecule has 0 saturated carbocycles. The van der Waals surface area contributed by atoms with Crippen molar-refractivity contribution in [2.75, 3.05) is 19.8 Å². The molecule has 0 radical (unpaired) electrons. The third-order valence-corrected chi connectivity index (χ3v) is 4.27. The van der Waals surface area contributed by atoms with Crippen molar-refractivity contribution in [2.24, 2.45) is 5.92 Å². The van der Waals surface area contributed by atoms with Gasteiger partial charge in [-0.15, -0.1) is 0 Å². The lowest BCUT2D eigenvalue weighted by Gasteiger charge is -2.22. The summed E-state index contributed by atoms with van der Waals surface area (Å²) in [7, 11) is 0. The maximum Gasteiger partial charge on any atom is 0.224 e. The minimum Gasteiger partial charge on any atom is -0.381 e. The SMILES string of the molecule is O=C(Cc1ccc(-c2ccccc2)cc1)NC[C@@H]1CCCOC1. The quantitative estimate of drug-likeness (QED) is 0.919. The summed E-state index contributed by atoms with van der Waals surface area (Å²) in [4.78, 5) is 12.1. The van der Waals surface area contributed by atoms with E-state index in [1.165, 1.54) is 11.1 Å². The smallest absolute Gasteiger partial charge is 0.224 e. The lowest BCUT2D eigenvalue weighted by molar-refractivity contribution is -0.120. The molecule has 0 aromatic heterocycles. The molecule has 1 fully saturated rings. The van der Waals surface area contributed by atoms with Crippen LogP contribution in [-0.2, 0) is 16.0 Å². The van der Waals surface area contributed by atoms with E-state index in [1.54, 1.807) is 0 Å². The third kappa shape index (κ3) is 4.67. The highest BCUT2D eigenvalue weighted by Crippen LogP contribution is 2.19. The first-order valence-electron chi connectivity index (χ1n) is 8.30. The third-order valence-electron chi connectivity index (χ3n) is 4.27. The summed E-state index contributed by atoms with van der Waals surface area (Å²) < 4.78 is 5.44. The predicted molar refractivity (Wildman–Crippen MR) is 92.1 cm³/mol. The van der Waals surface area contributed by atoms with Crippen LogP contribution in [-0.4, -0.2) is 25.7 Å². The minimum absolute atomic E-state index is 0.0861. The normalized spacial score (nSPS) is 17.7. The van der Waals surface area contributed by atoms with Crippen molar-refractivity contribution in [1.82, 2.24) is 5.32 Å². The number of hydrogen-bond acceptors (Lipinski definition) is 2. The van der Waals surface area contributed by atoms with Crippen LogP contribution in [0.5, 0.6) is 0 Å². The second kappa shape index (κ2) is 7.93. The van der Waals surface area contributed by atoms with Crippen molar-refractivity contribution in [3.63, 3.8) is 0 Å². The summed E-state index contributed by atoms with van der Waals surface area (Å²) in [5, 5.41) is 3.03. The van der Waals surface area contributed by atoms with Gasteiger partial charge in [0.2, 0.25) is 5.91 Å². The monoisotopic (exact) mass is 309 g/mol. The van der Waals surface area contributed by atoms with Crippen LogP contribution in [0, 0.1) is 5.92 Å². The van der Waals surface area contributed by atoms with Crippen LogP contribution in [0.3, 0.4) is 0 Å². The van der Waals surface area contributed by atoms with Crippen molar-refractivity contribution in [3.8, 4) is 11.1 Å². The van der Waals surface area contributed by atoms with Gasteiger partial charge in [0.15, 0.2) is 0 Å². The van der Waals surface area contributed by atoms with E-state index >= 15 is 0 Å². The zero-order valence-corrected chi connectivity index (χ0v) is 13.3. The molecule has 1 saturated heterocycles. The van der Waals surface area contributed by atoms with E-state index in [4.69, 9.17) is 4.74 Å². The fourth-order valence-corrected chi connectivity index (χ4v) is 2.92. The fraction of sp³-hybridized carbons (Fsp3) is 0.350. The van der Waals surface area contributed by atoms with Gasteiger partial charge >= 0.3 is 0 Å². The lowest BCUT2D eigenvalue weighted by atomic mass is 10.0. The number of hydrogen-bond donors (Lipinski definition) is 1. The second-order valence-electron chi connectivity index (χ2n) is 6.13. The zero-order valence-electron chi connectivity index (χ0n) is 13.3. The highest BCUT2D eigenvalue weighted by molar-refractivity contribution is 5.78. The Morgan fingerprint density at radius 3 is 2.48 bits per heavy atom. The Morgan fingerprint density at radius 2 is 1.78 bits per heavy atom. The molecule has 2 aromatic carbocycles. The fourth-order valence-electron chi connectivity index (χ4n) is 2.92. The molecule has 120 valence electrons. The Morgan fingerprint density at radius 1 is 1.04 bits per heavy atom. The highest BCUT2D eigenvalue weighted by Gasteiger charge is 2.14. The number of amides is 1. The van der Waals surface area contributed by atoms with Gasteiger partial charge in [-0.25, -0.2) is 0 Å². The van der Waals surface area contributed by atoms with E-state index in [0.717, 1.165) is 38.2 Å². The molecule has 0 bridgehead atoms. The van der Waals surface area contributed by atoms with E-state index < -0.39 is 0 Å². The van der Waals surface area contributed by atoms with Crippen LogP contribution in [0.2, 0.25) is 0 Å². The topological polar surface area (TPSA) is 38.3 Å². The molecule has 3 nitrogen and oxygen atoms in total. The number of ether oxygens (including phenoxy) is 1. The van der Waals surface area contributed by atoms with Crippen molar-refractivity contribution in [3.05, 3.63) is 60.2 Å². The molecular weight excluding hydrogens is 286 g/mol. The molecule has 0 unspecified atom stereocenters. The molecule has 1 amide bonds. The molecule has 0 spiro atoms. The summed E-state index contributed by atoms with van der Waals surface area (Å²) in [6, 6.07) is 18.5. The molecule has 1 aliphatic rings. The summed E-state index contributed by atoms with van der Waals surface area (Å²) in [5.74, 6) is 0.552. The van der Waals surface area contributed by atoms with Gasteiger partial charge < -0.3 is 10.1 Å². The van der Waals surface area contributed by atoms with Crippen LogP contribution >= 0.6 is 0 Å². The van der Waals surface area contributed by atoms with E-state index in [-0.39, 0.29) is 5.91 Å². The van der Waals surface area contributed by atoms with Gasteiger partial charge in [-0.05, 0) is 35.4 Å². The lowest BCUT2D eigenvalue weighted by Crippen LogP contribution is -2.34. The number of carbonyl (C=O) groups excluding carboxylic acids is 1. The van der Waals surface area contributed by atoms with Gasteiger partial charge in [-0.2, -0.15) is 0 Å². The molecule has 23 heavy (non-hydrogen) atoms. The maximum atomic E-state index is 12.1. The van der Waals surface area contributed by atoms with E-state index in [2.05, 4.69) is 29.6 Å². The van der Waals surface area contributed by atoms with Gasteiger partial charge in [-0.1, -0.05) is 54.6 Å². The van der Waals surface area contributed by atoms with E-state index in [9.17, 15) is 4.79 Å². The number of nitrogens with one attached hydrogen (secondary N) is 1. The van der Waals surface area contributed by atoms with Crippen LogP contribution in [0.1, 0.15) is 18.4 Å². The van der Waals surface area contributed by atoms with Crippen LogP contribution in [0.4, 0.5) is 0 Å². The number of rotatable bonds is 5. The van der Waals surface area contributed by atoms with Crippen molar-refractivity contribution >= 4 is 5.91 Å². The Hall–Kier alpha value is -2.13. The molecule has 3 heteroatoms. The average molecular weight is 309 g/mol. The first-order chi connectivity index (χ1) is 11.3. The molecule has 1 heterocycles. The molecule has 1 aliphatic heterocycles. The zero-order chi connectivity index (χ0) is 15.9. The molecule has 1 atom stereocenters. The van der Waals surface area contributed by atoms with E-state index in [0.29, 0.717) is 12.3 Å². The summed E-state index contributed by atoms with van der Waals surface area (Å²) in [6.45, 7) is 2.35. The van der Waals surface area contributed by atoms with Crippen LogP contribution in [0.15, 0.2) is 54.6 Å². The minimum atomic E-state index is 0.0861. The largest absolute Gasteiger partial charge is 0.381 e. The summed E-state index contributed by atoms with van der Waals surface area (Å²) in [6.07, 6.45) is 2.68. The summed E-state index contributed by atoms with van der Waals surface area (Å²) >= 11 is 0. The molecule has 3 rings (SSSR count). The Bertz CT molecular complexity index is 616. The Kier molecular flexibility index (Phi) is 5.43. The van der Waals surface area contributed by atoms with Gasteiger partial charge in [-0.3, -0.25) is 4.79 Å². The Balaban J connectivity index is 1.50. The maximum absolute atomic E-state index is 12.1. The van der Waals surface area contributed by atoms with Gasteiger partial charge in [0, 0.05) is 13.2 Å². The van der Waals surface area contributed by atoms with Crippen molar-refractivity contribution in [2.45, 2.75) is 19.3 Å².